The van der Waals surface area contributed by atoms with Crippen LogP contribution in [0.15, 0.2) is 47.5 Å². The zero-order valence-electron chi connectivity index (χ0n) is 12.2. The number of nitrogens with two attached hydrogens (primary N) is 3. The molecule has 0 saturated carbocycles. The second kappa shape index (κ2) is 7.20. The lowest BCUT2D eigenvalue weighted by Gasteiger charge is -2.23. The number of guanidine groups is 1. The Morgan fingerprint density at radius 2 is 1.50 bits per heavy atom. The van der Waals surface area contributed by atoms with Gasteiger partial charge in [-0.15, -0.1) is 0 Å². The Morgan fingerprint density at radius 1 is 0.958 bits per heavy atom. The highest BCUT2D eigenvalue weighted by Crippen LogP contribution is 2.39. The predicted molar refractivity (Wildman–Crippen MR) is 94.8 cm³/mol. The van der Waals surface area contributed by atoms with Crippen LogP contribution in [0.4, 0.5) is 16.2 Å². The third kappa shape index (κ3) is 3.76. The van der Waals surface area contributed by atoms with Gasteiger partial charge in [-0.25, -0.2) is 4.79 Å². The molecule has 2 rings (SSSR count). The molecule has 0 radical (unpaired) electrons. The summed E-state index contributed by atoms with van der Waals surface area (Å²) in [6.45, 7) is 0. The molecule has 6 N–H and O–H groups in total. The highest BCUT2D eigenvalue weighted by molar-refractivity contribution is 6.41. The molecule has 3 amide bonds. The van der Waals surface area contributed by atoms with Crippen molar-refractivity contribution in [1.29, 1.82) is 0 Å². The minimum atomic E-state index is -0.784. The van der Waals surface area contributed by atoms with Crippen LogP contribution in [0.1, 0.15) is 10.4 Å². The van der Waals surface area contributed by atoms with Crippen LogP contribution in [0.2, 0.25) is 10.0 Å². The minimum absolute atomic E-state index is 0.0410. The number of primary amides is 1. The first-order valence-corrected chi connectivity index (χ1v) is 7.34. The fourth-order valence-corrected chi connectivity index (χ4v) is 2.68. The molecule has 0 saturated heterocycles. The van der Waals surface area contributed by atoms with Gasteiger partial charge in [-0.1, -0.05) is 41.4 Å². The number of carbonyl (C=O) groups is 2. The lowest BCUT2D eigenvalue weighted by molar-refractivity contribution is 0.100. The Bertz CT molecular complexity index is 797. The second-order valence-electron chi connectivity index (χ2n) is 4.64. The molecule has 0 spiro atoms. The highest BCUT2D eigenvalue weighted by atomic mass is 35.5. The zero-order chi connectivity index (χ0) is 17.9. The number of aliphatic imine (C=N–C) groups is 1. The molecule has 0 unspecified atom stereocenters. The number of hydrogen-bond acceptors (Lipinski definition) is 2. The molecule has 0 atom stereocenters. The fraction of sp³-hybridized carbons (Fsp3) is 0. The molecule has 2 aromatic carbocycles. The maximum absolute atomic E-state index is 11.9. The largest absolute Gasteiger partial charge is 0.370 e. The van der Waals surface area contributed by atoms with E-state index in [4.69, 9.17) is 40.4 Å². The Kier molecular flexibility index (Phi) is 5.28. The summed E-state index contributed by atoms with van der Waals surface area (Å²) in [6, 6.07) is 10.4. The van der Waals surface area contributed by atoms with Crippen molar-refractivity contribution in [3.05, 3.63) is 58.1 Å². The average Bonchev–Trinajstić information content (AvgIpc) is 2.50. The van der Waals surface area contributed by atoms with Gasteiger partial charge in [-0.05, 0) is 24.3 Å². The number of amides is 3. The van der Waals surface area contributed by atoms with Gasteiger partial charge >= 0.3 is 6.03 Å². The van der Waals surface area contributed by atoms with Gasteiger partial charge in [0.05, 0.1) is 21.4 Å². The van der Waals surface area contributed by atoms with E-state index >= 15 is 0 Å². The lowest BCUT2D eigenvalue weighted by atomic mass is 10.1. The van der Waals surface area contributed by atoms with Gasteiger partial charge in [-0.2, -0.15) is 4.99 Å². The van der Waals surface area contributed by atoms with Crippen LogP contribution in [0, 0.1) is 0 Å². The predicted octanol–water partition coefficient (Wildman–Crippen LogP) is 2.62. The van der Waals surface area contributed by atoms with Gasteiger partial charge in [0.15, 0.2) is 5.96 Å². The Morgan fingerprint density at radius 3 is 1.96 bits per heavy atom. The van der Waals surface area contributed by atoms with E-state index in [-0.39, 0.29) is 27.3 Å². The summed E-state index contributed by atoms with van der Waals surface area (Å²) in [5.74, 6) is -1.10. The Hall–Kier alpha value is -2.77. The van der Waals surface area contributed by atoms with Crippen LogP contribution in [0.5, 0.6) is 0 Å². The van der Waals surface area contributed by atoms with E-state index in [9.17, 15) is 9.59 Å². The molecule has 0 aliphatic carbocycles. The summed E-state index contributed by atoms with van der Waals surface area (Å²) in [5.41, 5.74) is 16.5. The van der Waals surface area contributed by atoms with Crippen LogP contribution in [0.25, 0.3) is 0 Å². The van der Waals surface area contributed by atoms with E-state index < -0.39 is 11.9 Å². The summed E-state index contributed by atoms with van der Waals surface area (Å²) in [4.78, 5) is 28.3. The van der Waals surface area contributed by atoms with Crippen molar-refractivity contribution < 1.29 is 9.59 Å². The summed E-state index contributed by atoms with van der Waals surface area (Å²) in [6.07, 6.45) is 0. The molecule has 24 heavy (non-hydrogen) atoms. The number of benzene rings is 2. The molecular formula is C15H13Cl2N5O2. The van der Waals surface area contributed by atoms with Crippen LogP contribution < -0.4 is 22.1 Å². The summed E-state index contributed by atoms with van der Waals surface area (Å²) in [7, 11) is 0. The summed E-state index contributed by atoms with van der Waals surface area (Å²) >= 11 is 12.4. The van der Waals surface area contributed by atoms with E-state index in [1.807, 2.05) is 0 Å². The molecule has 9 heteroatoms. The van der Waals surface area contributed by atoms with Gasteiger partial charge < -0.3 is 17.2 Å². The Balaban J connectivity index is 2.56. The van der Waals surface area contributed by atoms with E-state index in [0.29, 0.717) is 5.69 Å². The summed E-state index contributed by atoms with van der Waals surface area (Å²) in [5, 5.41) is 0.0820. The van der Waals surface area contributed by atoms with Crippen molar-refractivity contribution >= 4 is 52.5 Å². The van der Waals surface area contributed by atoms with E-state index in [1.165, 1.54) is 12.1 Å². The minimum Gasteiger partial charge on any atom is -0.370 e. The molecule has 0 fully saturated rings. The normalized spacial score (nSPS) is 10.1. The number of halogens is 2. The molecular weight excluding hydrogens is 353 g/mol. The van der Waals surface area contributed by atoms with Crippen molar-refractivity contribution in [2.75, 3.05) is 4.90 Å². The smallest absolute Gasteiger partial charge is 0.323 e. The fourth-order valence-electron chi connectivity index (χ4n) is 2.03. The molecule has 2 aromatic rings. The van der Waals surface area contributed by atoms with Crippen LogP contribution in [-0.4, -0.2) is 17.9 Å². The monoisotopic (exact) mass is 365 g/mol. The number of urea groups is 1. The van der Waals surface area contributed by atoms with Gasteiger partial charge in [0.2, 0.25) is 0 Å². The van der Waals surface area contributed by atoms with Crippen LogP contribution in [0.3, 0.4) is 0 Å². The number of rotatable bonds is 3. The van der Waals surface area contributed by atoms with Gasteiger partial charge in [0.1, 0.15) is 0 Å². The SMILES string of the molecule is NC(=O)N(c1ccccc1)c1c(Cl)cc(C(=O)N=C(N)N)cc1Cl. The van der Waals surface area contributed by atoms with Crippen molar-refractivity contribution in [2.24, 2.45) is 22.2 Å². The number of nitrogens with zero attached hydrogens (tertiary/aromatic N) is 2. The third-order valence-electron chi connectivity index (χ3n) is 2.95. The molecule has 0 aliphatic rings. The third-order valence-corrected chi connectivity index (χ3v) is 3.53. The van der Waals surface area contributed by atoms with E-state index in [1.54, 1.807) is 30.3 Å². The van der Waals surface area contributed by atoms with E-state index in [2.05, 4.69) is 4.99 Å². The maximum Gasteiger partial charge on any atom is 0.323 e. The standard InChI is InChI=1S/C15H13Cl2N5O2/c16-10-6-8(13(23)21-14(18)19)7-11(17)12(10)22(15(20)24)9-4-2-1-3-5-9/h1-7H,(H2,20,24)(H4,18,19,21,23). The number of para-hydroxylation sites is 1. The van der Waals surface area contributed by atoms with Crippen molar-refractivity contribution in [2.45, 2.75) is 0 Å². The lowest BCUT2D eigenvalue weighted by Crippen LogP contribution is -2.32. The first-order chi connectivity index (χ1) is 11.3. The van der Waals surface area contributed by atoms with Gasteiger partial charge in [0, 0.05) is 5.56 Å². The highest BCUT2D eigenvalue weighted by Gasteiger charge is 2.23. The number of anilines is 2. The van der Waals surface area contributed by atoms with Gasteiger partial charge in [0.25, 0.3) is 5.91 Å². The number of hydrogen-bond donors (Lipinski definition) is 3. The quantitative estimate of drug-likeness (QED) is 0.570. The van der Waals surface area contributed by atoms with E-state index in [0.717, 1.165) is 4.90 Å². The van der Waals surface area contributed by atoms with Crippen molar-refractivity contribution in [1.82, 2.24) is 0 Å². The molecule has 0 aliphatic heterocycles. The first-order valence-electron chi connectivity index (χ1n) is 6.59. The maximum atomic E-state index is 11.9. The summed E-state index contributed by atoms with van der Waals surface area (Å²) < 4.78 is 0. The Labute approximate surface area is 147 Å². The number of carbonyl (C=O) groups excluding carboxylic acids is 2. The van der Waals surface area contributed by atoms with Crippen molar-refractivity contribution in [3.8, 4) is 0 Å². The first kappa shape index (κ1) is 17.6. The second-order valence-corrected chi connectivity index (χ2v) is 5.45. The molecule has 124 valence electrons. The molecule has 0 aromatic heterocycles. The molecule has 0 heterocycles. The van der Waals surface area contributed by atoms with Gasteiger partial charge in [-0.3, -0.25) is 9.69 Å². The topological polar surface area (TPSA) is 128 Å². The van der Waals surface area contributed by atoms with Crippen LogP contribution >= 0.6 is 23.2 Å². The average molecular weight is 366 g/mol. The zero-order valence-corrected chi connectivity index (χ0v) is 13.8. The van der Waals surface area contributed by atoms with Crippen LogP contribution in [-0.2, 0) is 0 Å². The van der Waals surface area contributed by atoms with Crippen molar-refractivity contribution in [3.63, 3.8) is 0 Å². The molecule has 7 nitrogen and oxygen atoms in total. The molecule has 0 bridgehead atoms.